The molecule has 1 N–H and O–H groups in total. The molecule has 0 amide bonds. The predicted molar refractivity (Wildman–Crippen MR) is 83.6 cm³/mol. The van der Waals surface area contributed by atoms with Crippen molar-refractivity contribution in [3.8, 4) is 0 Å². The van der Waals surface area contributed by atoms with E-state index in [1.807, 2.05) is 6.07 Å². The van der Waals surface area contributed by atoms with Gasteiger partial charge in [-0.05, 0) is 42.2 Å². The van der Waals surface area contributed by atoms with Crippen LogP contribution < -0.4 is 5.32 Å². The van der Waals surface area contributed by atoms with Crippen LogP contribution in [-0.4, -0.2) is 6.54 Å². The van der Waals surface area contributed by atoms with Gasteiger partial charge in [-0.15, -0.1) is 11.3 Å². The molecule has 0 aromatic carbocycles. The lowest BCUT2D eigenvalue weighted by atomic mass is 9.83. The second kappa shape index (κ2) is 6.93. The van der Waals surface area contributed by atoms with Crippen molar-refractivity contribution in [1.29, 1.82) is 0 Å². The highest BCUT2D eigenvalue weighted by Crippen LogP contribution is 2.35. The summed E-state index contributed by atoms with van der Waals surface area (Å²) in [5.41, 5.74) is 0.398. The fraction of sp³-hybridized carbons (Fsp3) is 0.733. The maximum atomic E-state index is 6.26. The Hall–Kier alpha value is -0.0500. The van der Waals surface area contributed by atoms with Crippen LogP contribution in [-0.2, 0) is 0 Å². The Morgan fingerprint density at radius 3 is 2.50 bits per heavy atom. The van der Waals surface area contributed by atoms with Crippen molar-refractivity contribution < 1.29 is 0 Å². The SMILES string of the molecule is CCNC(CC(C)CC(C)(C)C)c1sccc1Cl. The van der Waals surface area contributed by atoms with Crippen LogP contribution in [0.3, 0.4) is 0 Å². The Morgan fingerprint density at radius 1 is 1.39 bits per heavy atom. The van der Waals surface area contributed by atoms with Crippen LogP contribution in [0.4, 0.5) is 0 Å². The lowest BCUT2D eigenvalue weighted by molar-refractivity contribution is 0.277. The predicted octanol–water partition coefficient (Wildman–Crippen LogP) is 5.51. The molecule has 0 spiro atoms. The van der Waals surface area contributed by atoms with E-state index in [1.54, 1.807) is 11.3 Å². The third-order valence-electron chi connectivity index (χ3n) is 3.01. The number of hydrogen-bond donors (Lipinski definition) is 1. The molecule has 0 saturated carbocycles. The van der Waals surface area contributed by atoms with Gasteiger partial charge >= 0.3 is 0 Å². The van der Waals surface area contributed by atoms with E-state index in [0.717, 1.165) is 18.0 Å². The summed E-state index contributed by atoms with van der Waals surface area (Å²) in [6.45, 7) is 12.4. The van der Waals surface area contributed by atoms with Crippen molar-refractivity contribution in [1.82, 2.24) is 5.32 Å². The molecular weight excluding hydrogens is 262 g/mol. The van der Waals surface area contributed by atoms with Crippen LogP contribution in [0.2, 0.25) is 5.02 Å². The Labute approximate surface area is 121 Å². The molecule has 1 rings (SSSR count). The van der Waals surface area contributed by atoms with Gasteiger partial charge in [-0.2, -0.15) is 0 Å². The Bertz CT molecular complexity index is 354. The molecule has 0 aliphatic carbocycles. The van der Waals surface area contributed by atoms with Gasteiger partial charge in [-0.1, -0.05) is 46.2 Å². The zero-order valence-corrected chi connectivity index (χ0v) is 13.8. The van der Waals surface area contributed by atoms with E-state index in [9.17, 15) is 0 Å². The summed E-state index contributed by atoms with van der Waals surface area (Å²) < 4.78 is 0. The molecule has 0 saturated heterocycles. The molecule has 1 aromatic heterocycles. The van der Waals surface area contributed by atoms with Gasteiger partial charge in [-0.25, -0.2) is 0 Å². The van der Waals surface area contributed by atoms with E-state index in [-0.39, 0.29) is 0 Å². The minimum Gasteiger partial charge on any atom is -0.309 e. The standard InChI is InChI=1S/C15H26ClNS/c1-6-17-13(14-12(16)7-8-18-14)9-11(2)10-15(3,4)5/h7-8,11,13,17H,6,9-10H2,1-5H3. The molecule has 0 aliphatic rings. The summed E-state index contributed by atoms with van der Waals surface area (Å²) in [5.74, 6) is 0.701. The third-order valence-corrected chi connectivity index (χ3v) is 4.48. The van der Waals surface area contributed by atoms with Gasteiger partial charge in [0.15, 0.2) is 0 Å². The number of thiophene rings is 1. The van der Waals surface area contributed by atoms with Crippen molar-refractivity contribution in [2.24, 2.45) is 11.3 Å². The molecule has 1 heterocycles. The first kappa shape index (κ1) is 16.0. The molecule has 2 atom stereocenters. The summed E-state index contributed by atoms with van der Waals surface area (Å²) in [6, 6.07) is 2.40. The third kappa shape index (κ3) is 5.29. The highest BCUT2D eigenvalue weighted by Gasteiger charge is 2.21. The summed E-state index contributed by atoms with van der Waals surface area (Å²) in [4.78, 5) is 1.29. The van der Waals surface area contributed by atoms with Crippen LogP contribution in [0.25, 0.3) is 0 Å². The van der Waals surface area contributed by atoms with Crippen molar-refractivity contribution in [2.45, 2.75) is 53.5 Å². The van der Waals surface area contributed by atoms with Gasteiger partial charge in [0.2, 0.25) is 0 Å². The van der Waals surface area contributed by atoms with Crippen LogP contribution in [0.1, 0.15) is 58.4 Å². The summed E-state index contributed by atoms with van der Waals surface area (Å²) in [5, 5.41) is 6.56. The Kier molecular flexibility index (Phi) is 6.16. The van der Waals surface area contributed by atoms with E-state index in [2.05, 4.69) is 45.3 Å². The van der Waals surface area contributed by atoms with Crippen LogP contribution in [0, 0.1) is 11.3 Å². The minimum atomic E-state index is 0.398. The quantitative estimate of drug-likeness (QED) is 0.727. The van der Waals surface area contributed by atoms with Crippen LogP contribution in [0.5, 0.6) is 0 Å². The second-order valence-corrected chi connectivity index (χ2v) is 7.70. The molecule has 104 valence electrons. The lowest BCUT2D eigenvalue weighted by Crippen LogP contribution is -2.23. The first-order valence-corrected chi connectivity index (χ1v) is 8.05. The largest absolute Gasteiger partial charge is 0.309 e. The number of nitrogens with one attached hydrogen (secondary N) is 1. The second-order valence-electron chi connectivity index (χ2n) is 6.35. The van der Waals surface area contributed by atoms with Gasteiger partial charge in [0.1, 0.15) is 0 Å². The first-order chi connectivity index (χ1) is 8.33. The summed E-state index contributed by atoms with van der Waals surface area (Å²) in [6.07, 6.45) is 2.41. The lowest BCUT2D eigenvalue weighted by Gasteiger charge is -2.27. The zero-order chi connectivity index (χ0) is 13.8. The zero-order valence-electron chi connectivity index (χ0n) is 12.2. The van der Waals surface area contributed by atoms with Crippen molar-refractivity contribution >= 4 is 22.9 Å². The fourth-order valence-corrected chi connectivity index (χ4v) is 3.89. The Balaban J connectivity index is 2.67. The average molecular weight is 288 g/mol. The highest BCUT2D eigenvalue weighted by atomic mass is 35.5. The molecule has 2 unspecified atom stereocenters. The van der Waals surface area contributed by atoms with E-state index in [1.165, 1.54) is 11.3 Å². The molecule has 1 aromatic rings. The van der Waals surface area contributed by atoms with Gasteiger partial charge in [0.05, 0.1) is 5.02 Å². The van der Waals surface area contributed by atoms with Crippen LogP contribution in [0.15, 0.2) is 11.4 Å². The minimum absolute atomic E-state index is 0.398. The number of halogens is 1. The number of hydrogen-bond acceptors (Lipinski definition) is 2. The highest BCUT2D eigenvalue weighted by molar-refractivity contribution is 7.10. The van der Waals surface area contributed by atoms with E-state index in [0.29, 0.717) is 17.4 Å². The monoisotopic (exact) mass is 287 g/mol. The van der Waals surface area contributed by atoms with E-state index >= 15 is 0 Å². The molecule has 0 aliphatic heterocycles. The smallest absolute Gasteiger partial charge is 0.0561 e. The first-order valence-electron chi connectivity index (χ1n) is 6.79. The maximum Gasteiger partial charge on any atom is 0.0561 e. The van der Waals surface area contributed by atoms with Crippen molar-refractivity contribution in [3.05, 3.63) is 21.3 Å². The van der Waals surface area contributed by atoms with Gasteiger partial charge in [0.25, 0.3) is 0 Å². The van der Waals surface area contributed by atoms with E-state index < -0.39 is 0 Å². The molecule has 3 heteroatoms. The molecule has 0 fully saturated rings. The maximum absolute atomic E-state index is 6.26. The number of rotatable bonds is 6. The molecule has 0 radical (unpaired) electrons. The molecule has 18 heavy (non-hydrogen) atoms. The molecular formula is C15H26ClNS. The topological polar surface area (TPSA) is 12.0 Å². The van der Waals surface area contributed by atoms with Crippen molar-refractivity contribution in [2.75, 3.05) is 6.54 Å². The fourth-order valence-electron chi connectivity index (χ4n) is 2.61. The normalized spacial score (nSPS) is 15.7. The summed E-state index contributed by atoms with van der Waals surface area (Å²) in [7, 11) is 0. The van der Waals surface area contributed by atoms with Crippen molar-refractivity contribution in [3.63, 3.8) is 0 Å². The summed E-state index contributed by atoms with van der Waals surface area (Å²) >= 11 is 8.02. The molecule has 0 bridgehead atoms. The van der Waals surface area contributed by atoms with Gasteiger partial charge in [-0.3, -0.25) is 0 Å². The molecule has 1 nitrogen and oxygen atoms in total. The Morgan fingerprint density at radius 2 is 2.06 bits per heavy atom. The van der Waals surface area contributed by atoms with E-state index in [4.69, 9.17) is 11.6 Å². The van der Waals surface area contributed by atoms with Gasteiger partial charge in [0, 0.05) is 10.9 Å². The van der Waals surface area contributed by atoms with Crippen LogP contribution >= 0.6 is 22.9 Å². The van der Waals surface area contributed by atoms with Gasteiger partial charge < -0.3 is 5.32 Å². The average Bonchev–Trinajstić information content (AvgIpc) is 2.60.